The predicted octanol–water partition coefficient (Wildman–Crippen LogP) is 3.68. The first-order valence-electron chi connectivity index (χ1n) is 5.67. The van der Waals surface area contributed by atoms with Crippen molar-refractivity contribution in [3.8, 4) is 0 Å². The van der Waals surface area contributed by atoms with Crippen molar-refractivity contribution in [2.75, 3.05) is 6.61 Å². The van der Waals surface area contributed by atoms with Gasteiger partial charge in [0.15, 0.2) is 0 Å². The predicted molar refractivity (Wildman–Crippen MR) is 58.8 cm³/mol. The molecule has 0 aliphatic heterocycles. The molecule has 0 bridgehead atoms. The summed E-state index contributed by atoms with van der Waals surface area (Å²) in [5.74, 6) is 0. The zero-order chi connectivity index (χ0) is 9.78. The van der Waals surface area contributed by atoms with Gasteiger partial charge in [-0.05, 0) is 19.3 Å². The van der Waals surface area contributed by atoms with Gasteiger partial charge < -0.3 is 5.11 Å². The summed E-state index contributed by atoms with van der Waals surface area (Å²) in [6.07, 6.45) is 14.5. The second kappa shape index (κ2) is 11.7. The average Bonchev–Trinajstić information content (AvgIpc) is 2.16. The fourth-order valence-corrected chi connectivity index (χ4v) is 1.35. The Hall–Kier alpha value is -0.300. The molecular formula is C12H24O. The molecule has 1 N–H and O–H groups in total. The highest BCUT2D eigenvalue weighted by molar-refractivity contribution is 4.80. The Morgan fingerprint density at radius 3 is 2.15 bits per heavy atom. The summed E-state index contributed by atoms with van der Waals surface area (Å²) in [5, 5.41) is 8.51. The fraction of sp³-hybridized carbons (Fsp3) is 0.833. The topological polar surface area (TPSA) is 20.2 Å². The third kappa shape index (κ3) is 11.7. The van der Waals surface area contributed by atoms with E-state index in [2.05, 4.69) is 19.1 Å². The molecule has 1 nitrogen and oxygen atoms in total. The van der Waals surface area contributed by atoms with Crippen molar-refractivity contribution in [1.29, 1.82) is 0 Å². The summed E-state index contributed by atoms with van der Waals surface area (Å²) in [5.41, 5.74) is 0. The summed E-state index contributed by atoms with van der Waals surface area (Å²) >= 11 is 0. The second-order valence-electron chi connectivity index (χ2n) is 3.54. The molecule has 78 valence electrons. The van der Waals surface area contributed by atoms with E-state index in [0.717, 1.165) is 6.42 Å². The molecule has 0 amide bonds. The highest BCUT2D eigenvalue weighted by Gasteiger charge is 1.87. The highest BCUT2D eigenvalue weighted by Crippen LogP contribution is 2.07. The Morgan fingerprint density at radius 2 is 1.46 bits per heavy atom. The molecule has 1 heteroatoms. The van der Waals surface area contributed by atoms with E-state index in [1.165, 1.54) is 44.9 Å². The normalized spacial score (nSPS) is 11.2. The monoisotopic (exact) mass is 184 g/mol. The molecule has 0 rings (SSSR count). The second-order valence-corrected chi connectivity index (χ2v) is 3.54. The number of unbranched alkanes of at least 4 members (excludes halogenated alkanes) is 6. The van der Waals surface area contributed by atoms with Crippen molar-refractivity contribution < 1.29 is 5.11 Å². The summed E-state index contributed by atoms with van der Waals surface area (Å²) in [4.78, 5) is 0. The van der Waals surface area contributed by atoms with Crippen molar-refractivity contribution >= 4 is 0 Å². The standard InChI is InChI=1S/C12H24O/c1-2-3-4-5-6-7-8-9-10-11-12-13/h9-10,13H,2-8,11-12H2,1H3/b10-9+. The molecule has 0 aromatic carbocycles. The van der Waals surface area contributed by atoms with Crippen LogP contribution in [-0.4, -0.2) is 11.7 Å². The molecule has 0 spiro atoms. The van der Waals surface area contributed by atoms with E-state index in [-0.39, 0.29) is 6.61 Å². The van der Waals surface area contributed by atoms with Gasteiger partial charge in [0, 0.05) is 6.61 Å². The summed E-state index contributed by atoms with van der Waals surface area (Å²) in [6.45, 7) is 2.53. The van der Waals surface area contributed by atoms with Gasteiger partial charge in [-0.3, -0.25) is 0 Å². The number of hydrogen-bond donors (Lipinski definition) is 1. The Labute approximate surface area is 82.9 Å². The minimum Gasteiger partial charge on any atom is -0.396 e. The summed E-state index contributed by atoms with van der Waals surface area (Å²) < 4.78 is 0. The quantitative estimate of drug-likeness (QED) is 0.428. The summed E-state index contributed by atoms with van der Waals surface area (Å²) in [7, 11) is 0. The molecule has 0 atom stereocenters. The van der Waals surface area contributed by atoms with Gasteiger partial charge in [0.1, 0.15) is 0 Å². The molecular weight excluding hydrogens is 160 g/mol. The molecule has 0 heterocycles. The van der Waals surface area contributed by atoms with E-state index >= 15 is 0 Å². The van der Waals surface area contributed by atoms with Crippen LogP contribution in [-0.2, 0) is 0 Å². The van der Waals surface area contributed by atoms with Crippen LogP contribution in [0.1, 0.15) is 58.3 Å². The van der Waals surface area contributed by atoms with Crippen molar-refractivity contribution in [3.05, 3.63) is 12.2 Å². The molecule has 0 saturated carbocycles. The van der Waals surface area contributed by atoms with Crippen molar-refractivity contribution in [2.24, 2.45) is 0 Å². The maximum absolute atomic E-state index is 8.51. The minimum absolute atomic E-state index is 0.285. The lowest BCUT2D eigenvalue weighted by atomic mass is 10.1. The van der Waals surface area contributed by atoms with E-state index in [4.69, 9.17) is 5.11 Å². The Kier molecular flexibility index (Phi) is 11.4. The lowest BCUT2D eigenvalue weighted by Gasteiger charge is -1.97. The maximum Gasteiger partial charge on any atom is 0.0465 e. The molecule has 0 aromatic rings. The smallest absolute Gasteiger partial charge is 0.0465 e. The van der Waals surface area contributed by atoms with Gasteiger partial charge in [0.25, 0.3) is 0 Å². The number of aliphatic hydroxyl groups excluding tert-OH is 1. The highest BCUT2D eigenvalue weighted by atomic mass is 16.2. The van der Waals surface area contributed by atoms with E-state index in [1.54, 1.807) is 0 Å². The van der Waals surface area contributed by atoms with Crippen LogP contribution in [0.2, 0.25) is 0 Å². The first-order chi connectivity index (χ1) is 6.41. The van der Waals surface area contributed by atoms with Crippen molar-refractivity contribution in [2.45, 2.75) is 58.3 Å². The van der Waals surface area contributed by atoms with E-state index in [1.807, 2.05) is 0 Å². The van der Waals surface area contributed by atoms with Crippen LogP contribution in [0.4, 0.5) is 0 Å². The van der Waals surface area contributed by atoms with Gasteiger partial charge in [-0.15, -0.1) is 0 Å². The van der Waals surface area contributed by atoms with Crippen LogP contribution in [0.15, 0.2) is 12.2 Å². The van der Waals surface area contributed by atoms with Crippen molar-refractivity contribution in [1.82, 2.24) is 0 Å². The van der Waals surface area contributed by atoms with Gasteiger partial charge in [0.05, 0.1) is 0 Å². The molecule has 0 aliphatic rings. The van der Waals surface area contributed by atoms with E-state index in [0.29, 0.717) is 0 Å². The zero-order valence-corrected chi connectivity index (χ0v) is 8.97. The third-order valence-corrected chi connectivity index (χ3v) is 2.19. The minimum atomic E-state index is 0.285. The van der Waals surface area contributed by atoms with Crippen LogP contribution in [0, 0.1) is 0 Å². The SMILES string of the molecule is CCCCCCCC/C=C/CCO. The lowest BCUT2D eigenvalue weighted by Crippen LogP contribution is -1.78. The van der Waals surface area contributed by atoms with Crippen LogP contribution >= 0.6 is 0 Å². The van der Waals surface area contributed by atoms with Gasteiger partial charge in [-0.2, -0.15) is 0 Å². The molecule has 0 aromatic heterocycles. The number of allylic oxidation sites excluding steroid dienone is 1. The van der Waals surface area contributed by atoms with Crippen LogP contribution in [0.5, 0.6) is 0 Å². The molecule has 0 radical (unpaired) electrons. The number of rotatable bonds is 9. The van der Waals surface area contributed by atoms with Gasteiger partial charge in [0.2, 0.25) is 0 Å². The maximum atomic E-state index is 8.51. The average molecular weight is 184 g/mol. The van der Waals surface area contributed by atoms with E-state index in [9.17, 15) is 0 Å². The van der Waals surface area contributed by atoms with E-state index < -0.39 is 0 Å². The molecule has 0 aliphatic carbocycles. The first kappa shape index (κ1) is 12.7. The Bertz CT molecular complexity index is 108. The third-order valence-electron chi connectivity index (χ3n) is 2.19. The molecule has 0 unspecified atom stereocenters. The molecule has 0 fully saturated rings. The van der Waals surface area contributed by atoms with Crippen LogP contribution < -0.4 is 0 Å². The largest absolute Gasteiger partial charge is 0.396 e. The van der Waals surface area contributed by atoms with Gasteiger partial charge in [-0.25, -0.2) is 0 Å². The van der Waals surface area contributed by atoms with Crippen LogP contribution in [0.25, 0.3) is 0 Å². The van der Waals surface area contributed by atoms with Crippen LogP contribution in [0.3, 0.4) is 0 Å². The molecule has 13 heavy (non-hydrogen) atoms. The number of aliphatic hydroxyl groups is 1. The Balaban J connectivity index is 2.91. The lowest BCUT2D eigenvalue weighted by molar-refractivity contribution is 0.302. The fourth-order valence-electron chi connectivity index (χ4n) is 1.35. The number of hydrogen-bond acceptors (Lipinski definition) is 1. The molecule has 0 saturated heterocycles. The first-order valence-corrected chi connectivity index (χ1v) is 5.67. The van der Waals surface area contributed by atoms with Gasteiger partial charge in [-0.1, -0.05) is 51.2 Å². The zero-order valence-electron chi connectivity index (χ0n) is 8.97. The van der Waals surface area contributed by atoms with Gasteiger partial charge >= 0.3 is 0 Å². The van der Waals surface area contributed by atoms with Crippen molar-refractivity contribution in [3.63, 3.8) is 0 Å². The Morgan fingerprint density at radius 1 is 0.846 bits per heavy atom. The summed E-state index contributed by atoms with van der Waals surface area (Å²) in [6, 6.07) is 0.